The lowest BCUT2D eigenvalue weighted by Gasteiger charge is -2.43. The molecule has 5 heteroatoms. The average Bonchev–Trinajstić information content (AvgIpc) is 2.34. The van der Waals surface area contributed by atoms with E-state index in [2.05, 4.69) is 15.2 Å². The number of aromatic nitrogens is 1. The van der Waals surface area contributed by atoms with Crippen LogP contribution in [0.1, 0.15) is 25.8 Å². The number of hydrogen-bond acceptors (Lipinski definition) is 4. The van der Waals surface area contributed by atoms with Gasteiger partial charge in [-0.3, -0.25) is 14.7 Å². The standard InChI is InChI=1S/C14H22N4O/c1-14(2)10-18(9-11-4-3-7-16-8-11)12(5-6-15)13(19)17-14/h3-4,7-8,12H,5-6,9-10,15H2,1-2H3,(H,17,19). The summed E-state index contributed by atoms with van der Waals surface area (Å²) in [5, 5.41) is 3.05. The molecule has 0 saturated carbocycles. The van der Waals surface area contributed by atoms with Crippen molar-refractivity contribution in [1.29, 1.82) is 0 Å². The summed E-state index contributed by atoms with van der Waals surface area (Å²) < 4.78 is 0. The van der Waals surface area contributed by atoms with Gasteiger partial charge in [-0.15, -0.1) is 0 Å². The lowest BCUT2D eigenvalue weighted by Crippen LogP contribution is -2.64. The Morgan fingerprint density at radius 2 is 2.37 bits per heavy atom. The van der Waals surface area contributed by atoms with E-state index in [-0.39, 0.29) is 17.5 Å². The maximum atomic E-state index is 12.2. The van der Waals surface area contributed by atoms with E-state index >= 15 is 0 Å². The maximum Gasteiger partial charge on any atom is 0.237 e. The summed E-state index contributed by atoms with van der Waals surface area (Å²) in [5.74, 6) is 0.0746. The topological polar surface area (TPSA) is 71.2 Å². The van der Waals surface area contributed by atoms with Crippen LogP contribution in [0.5, 0.6) is 0 Å². The highest BCUT2D eigenvalue weighted by atomic mass is 16.2. The number of nitrogens with one attached hydrogen (secondary N) is 1. The average molecular weight is 262 g/mol. The molecule has 0 radical (unpaired) electrons. The molecule has 1 unspecified atom stereocenters. The van der Waals surface area contributed by atoms with E-state index in [0.29, 0.717) is 13.0 Å². The van der Waals surface area contributed by atoms with E-state index < -0.39 is 0 Å². The van der Waals surface area contributed by atoms with Crippen LogP contribution in [0.25, 0.3) is 0 Å². The van der Waals surface area contributed by atoms with Gasteiger partial charge in [-0.1, -0.05) is 6.07 Å². The molecule has 1 atom stereocenters. The van der Waals surface area contributed by atoms with Gasteiger partial charge in [0.05, 0.1) is 6.04 Å². The number of pyridine rings is 1. The maximum absolute atomic E-state index is 12.2. The van der Waals surface area contributed by atoms with Gasteiger partial charge in [-0.25, -0.2) is 0 Å². The molecule has 1 aliphatic rings. The molecule has 0 spiro atoms. The second kappa shape index (κ2) is 5.67. The molecule has 0 aromatic carbocycles. The molecule has 1 amide bonds. The number of nitrogens with two attached hydrogens (primary N) is 1. The SMILES string of the molecule is CC1(C)CN(Cc2cccnc2)C(CCN)C(=O)N1. The van der Waals surface area contributed by atoms with Crippen LogP contribution in [0.2, 0.25) is 0 Å². The molecule has 1 saturated heterocycles. The fourth-order valence-corrected chi connectivity index (χ4v) is 2.60. The smallest absolute Gasteiger partial charge is 0.237 e. The quantitative estimate of drug-likeness (QED) is 0.829. The third kappa shape index (κ3) is 3.52. The number of piperazine rings is 1. The lowest BCUT2D eigenvalue weighted by atomic mass is 9.96. The van der Waals surface area contributed by atoms with Crippen LogP contribution in [-0.4, -0.2) is 40.5 Å². The first-order valence-electron chi connectivity index (χ1n) is 6.67. The molecule has 104 valence electrons. The van der Waals surface area contributed by atoms with Gasteiger partial charge in [-0.05, 0) is 38.4 Å². The van der Waals surface area contributed by atoms with Crippen molar-refractivity contribution < 1.29 is 4.79 Å². The fourth-order valence-electron chi connectivity index (χ4n) is 2.60. The minimum atomic E-state index is -0.204. The Bertz CT molecular complexity index is 432. The van der Waals surface area contributed by atoms with Gasteiger partial charge in [0, 0.05) is 31.0 Å². The van der Waals surface area contributed by atoms with Crippen LogP contribution >= 0.6 is 0 Å². The normalized spacial score (nSPS) is 23.1. The predicted molar refractivity (Wildman–Crippen MR) is 74.3 cm³/mol. The van der Waals surface area contributed by atoms with Crippen LogP contribution in [0.4, 0.5) is 0 Å². The Morgan fingerprint density at radius 3 is 3.00 bits per heavy atom. The summed E-state index contributed by atoms with van der Waals surface area (Å²) >= 11 is 0. The van der Waals surface area contributed by atoms with E-state index in [9.17, 15) is 4.79 Å². The number of hydrogen-bond donors (Lipinski definition) is 2. The zero-order valence-corrected chi connectivity index (χ0v) is 11.6. The first kappa shape index (κ1) is 14.0. The zero-order chi connectivity index (χ0) is 13.9. The molecule has 1 aromatic heterocycles. The first-order chi connectivity index (χ1) is 9.02. The van der Waals surface area contributed by atoms with Crippen molar-refractivity contribution in [3.05, 3.63) is 30.1 Å². The number of carbonyl (C=O) groups is 1. The fraction of sp³-hybridized carbons (Fsp3) is 0.571. The van der Waals surface area contributed by atoms with Gasteiger partial charge < -0.3 is 11.1 Å². The Morgan fingerprint density at radius 1 is 1.58 bits per heavy atom. The molecule has 0 aliphatic carbocycles. The van der Waals surface area contributed by atoms with Crippen LogP contribution in [-0.2, 0) is 11.3 Å². The monoisotopic (exact) mass is 262 g/mol. The number of nitrogens with zero attached hydrogens (tertiary/aromatic N) is 2. The van der Waals surface area contributed by atoms with Crippen molar-refractivity contribution >= 4 is 5.91 Å². The molecule has 19 heavy (non-hydrogen) atoms. The highest BCUT2D eigenvalue weighted by Crippen LogP contribution is 2.20. The van der Waals surface area contributed by atoms with Crippen molar-refractivity contribution in [3.63, 3.8) is 0 Å². The number of amides is 1. The minimum Gasteiger partial charge on any atom is -0.349 e. The lowest BCUT2D eigenvalue weighted by molar-refractivity contribution is -0.133. The van der Waals surface area contributed by atoms with E-state index in [1.54, 1.807) is 6.20 Å². The summed E-state index contributed by atoms with van der Waals surface area (Å²) in [4.78, 5) is 18.5. The molecule has 0 bridgehead atoms. The first-order valence-corrected chi connectivity index (χ1v) is 6.67. The van der Waals surface area contributed by atoms with Crippen LogP contribution in [0.15, 0.2) is 24.5 Å². The minimum absolute atomic E-state index is 0.0746. The Labute approximate surface area is 114 Å². The Balaban J connectivity index is 2.15. The molecule has 3 N–H and O–H groups in total. The third-order valence-electron chi connectivity index (χ3n) is 3.35. The summed E-state index contributed by atoms with van der Waals surface area (Å²) in [6.07, 6.45) is 4.29. The molecule has 2 heterocycles. The molecular weight excluding hydrogens is 240 g/mol. The van der Waals surface area contributed by atoms with Gasteiger partial charge in [0.1, 0.15) is 0 Å². The molecule has 1 aromatic rings. The second-order valence-corrected chi connectivity index (χ2v) is 5.73. The second-order valence-electron chi connectivity index (χ2n) is 5.73. The van der Waals surface area contributed by atoms with Gasteiger partial charge in [0.15, 0.2) is 0 Å². The van der Waals surface area contributed by atoms with Crippen molar-refractivity contribution in [2.24, 2.45) is 5.73 Å². The van der Waals surface area contributed by atoms with Crippen LogP contribution in [0.3, 0.4) is 0 Å². The van der Waals surface area contributed by atoms with Crippen LogP contribution < -0.4 is 11.1 Å². The molecule has 5 nitrogen and oxygen atoms in total. The Kier molecular flexibility index (Phi) is 4.17. The summed E-state index contributed by atoms with van der Waals surface area (Å²) in [6.45, 7) is 6.15. The van der Waals surface area contributed by atoms with Crippen molar-refractivity contribution in [2.45, 2.75) is 38.4 Å². The Hall–Kier alpha value is -1.46. The predicted octanol–water partition coefficient (Wildman–Crippen LogP) is 0.509. The summed E-state index contributed by atoms with van der Waals surface area (Å²) in [5.41, 5.74) is 6.54. The molecular formula is C14H22N4O. The number of rotatable bonds is 4. The zero-order valence-electron chi connectivity index (χ0n) is 11.6. The molecule has 1 fully saturated rings. The van der Waals surface area contributed by atoms with E-state index in [1.165, 1.54) is 0 Å². The van der Waals surface area contributed by atoms with Crippen molar-refractivity contribution in [3.8, 4) is 0 Å². The van der Waals surface area contributed by atoms with Gasteiger partial charge in [0.2, 0.25) is 5.91 Å². The van der Waals surface area contributed by atoms with Gasteiger partial charge in [0.25, 0.3) is 0 Å². The molecule has 2 rings (SSSR count). The van der Waals surface area contributed by atoms with Crippen molar-refractivity contribution in [1.82, 2.24) is 15.2 Å². The van der Waals surface area contributed by atoms with E-state index in [4.69, 9.17) is 5.73 Å². The number of carbonyl (C=O) groups excluding carboxylic acids is 1. The highest BCUT2D eigenvalue weighted by Gasteiger charge is 2.37. The summed E-state index contributed by atoms with van der Waals surface area (Å²) in [6, 6.07) is 3.81. The van der Waals surface area contributed by atoms with Gasteiger partial charge >= 0.3 is 0 Å². The van der Waals surface area contributed by atoms with E-state index in [0.717, 1.165) is 18.7 Å². The van der Waals surface area contributed by atoms with E-state index in [1.807, 2.05) is 32.2 Å². The van der Waals surface area contributed by atoms with Crippen LogP contribution in [0, 0.1) is 0 Å². The summed E-state index contributed by atoms with van der Waals surface area (Å²) in [7, 11) is 0. The third-order valence-corrected chi connectivity index (χ3v) is 3.35. The molecule has 1 aliphatic heterocycles. The van der Waals surface area contributed by atoms with Crippen molar-refractivity contribution in [2.75, 3.05) is 13.1 Å². The highest BCUT2D eigenvalue weighted by molar-refractivity contribution is 5.83. The largest absolute Gasteiger partial charge is 0.349 e. The van der Waals surface area contributed by atoms with Gasteiger partial charge in [-0.2, -0.15) is 0 Å².